The van der Waals surface area contributed by atoms with Crippen LogP contribution in [0.5, 0.6) is 5.75 Å². The van der Waals surface area contributed by atoms with Gasteiger partial charge in [-0.05, 0) is 18.6 Å². The molecule has 0 aliphatic heterocycles. The number of carbonyl (C=O) groups excluding carboxylic acids is 1. The number of ether oxygens (including phenoxy) is 1. The lowest BCUT2D eigenvalue weighted by atomic mass is 9.98. The largest absolute Gasteiger partial charge is 0.496 e. The van der Waals surface area contributed by atoms with Crippen LogP contribution >= 0.6 is 11.6 Å². The number of nitrogens with two attached hydrogens (primary N) is 1. The van der Waals surface area contributed by atoms with Crippen LogP contribution in [0, 0.1) is 6.92 Å². The highest BCUT2D eigenvalue weighted by molar-refractivity contribution is 6.34. The second-order valence-corrected chi connectivity index (χ2v) is 4.55. The highest BCUT2D eigenvalue weighted by atomic mass is 35.5. The molecule has 2 N–H and O–H groups in total. The van der Waals surface area contributed by atoms with Gasteiger partial charge in [-0.15, -0.1) is 0 Å². The van der Waals surface area contributed by atoms with Crippen molar-refractivity contribution >= 4 is 17.5 Å². The maximum Gasteiger partial charge on any atom is 0.252 e. The number of carbonyl (C=O) groups is 1. The van der Waals surface area contributed by atoms with Crippen LogP contribution in [-0.2, 0) is 0 Å². The zero-order valence-corrected chi connectivity index (χ0v) is 11.5. The molecule has 0 atom stereocenters. The van der Waals surface area contributed by atoms with Gasteiger partial charge in [-0.2, -0.15) is 0 Å². The van der Waals surface area contributed by atoms with Gasteiger partial charge in [-0.25, -0.2) is 0 Å². The molecule has 0 unspecified atom stereocenters. The average Bonchev–Trinajstić information content (AvgIpc) is 2.42. The lowest BCUT2D eigenvalue weighted by Crippen LogP contribution is -2.13. The first-order chi connectivity index (χ1) is 9.06. The minimum Gasteiger partial charge on any atom is -0.496 e. The second-order valence-electron chi connectivity index (χ2n) is 4.17. The van der Waals surface area contributed by atoms with E-state index in [4.69, 9.17) is 22.1 Å². The van der Waals surface area contributed by atoms with Gasteiger partial charge in [0.1, 0.15) is 5.75 Å². The molecule has 0 fully saturated rings. The summed E-state index contributed by atoms with van der Waals surface area (Å²) >= 11 is 6.36. The van der Waals surface area contributed by atoms with Gasteiger partial charge in [-0.3, -0.25) is 4.79 Å². The molecule has 0 saturated heterocycles. The second kappa shape index (κ2) is 5.33. The minimum absolute atomic E-state index is 0.336. The summed E-state index contributed by atoms with van der Waals surface area (Å²) < 4.78 is 5.22. The molecule has 4 heteroatoms. The van der Waals surface area contributed by atoms with Crippen molar-refractivity contribution in [2.45, 2.75) is 6.92 Å². The Morgan fingerprint density at radius 3 is 2.42 bits per heavy atom. The molecule has 0 aromatic heterocycles. The first-order valence-electron chi connectivity index (χ1n) is 5.78. The Kier molecular flexibility index (Phi) is 3.76. The van der Waals surface area contributed by atoms with Crippen LogP contribution < -0.4 is 10.5 Å². The molecular formula is C15H14ClNO2. The van der Waals surface area contributed by atoms with Gasteiger partial charge in [0, 0.05) is 11.1 Å². The average molecular weight is 276 g/mol. The standard InChI is InChI=1S/C15H14ClNO2/c1-9-13(16)11(10-6-4-3-5-7-10)8-12(15(17)18)14(9)19-2/h3-8H,1-2H3,(H2,17,18). The number of primary amides is 1. The first-order valence-corrected chi connectivity index (χ1v) is 6.16. The van der Waals surface area contributed by atoms with E-state index in [9.17, 15) is 4.79 Å². The number of rotatable bonds is 3. The fourth-order valence-electron chi connectivity index (χ4n) is 2.05. The van der Waals surface area contributed by atoms with Crippen molar-refractivity contribution < 1.29 is 9.53 Å². The van der Waals surface area contributed by atoms with E-state index in [0.29, 0.717) is 21.9 Å². The molecule has 0 saturated carbocycles. The molecule has 0 heterocycles. The molecular weight excluding hydrogens is 262 g/mol. The van der Waals surface area contributed by atoms with E-state index < -0.39 is 5.91 Å². The van der Waals surface area contributed by atoms with E-state index in [0.717, 1.165) is 11.1 Å². The summed E-state index contributed by atoms with van der Waals surface area (Å²) in [6.07, 6.45) is 0. The van der Waals surface area contributed by atoms with Gasteiger partial charge in [0.25, 0.3) is 5.91 Å². The topological polar surface area (TPSA) is 52.3 Å². The minimum atomic E-state index is -0.534. The van der Waals surface area contributed by atoms with Crippen LogP contribution in [0.1, 0.15) is 15.9 Å². The van der Waals surface area contributed by atoms with E-state index in [1.54, 1.807) is 13.0 Å². The number of halogens is 1. The zero-order chi connectivity index (χ0) is 14.0. The zero-order valence-electron chi connectivity index (χ0n) is 10.7. The molecule has 3 nitrogen and oxygen atoms in total. The molecule has 0 bridgehead atoms. The molecule has 19 heavy (non-hydrogen) atoms. The summed E-state index contributed by atoms with van der Waals surface area (Å²) in [7, 11) is 1.49. The van der Waals surface area contributed by atoms with Crippen molar-refractivity contribution in [3.05, 3.63) is 52.5 Å². The Morgan fingerprint density at radius 1 is 1.26 bits per heavy atom. The van der Waals surface area contributed by atoms with Gasteiger partial charge in [0.2, 0.25) is 0 Å². The Bertz CT molecular complexity index is 624. The lowest BCUT2D eigenvalue weighted by molar-refractivity contribution is 0.0997. The third-order valence-corrected chi connectivity index (χ3v) is 3.48. The van der Waals surface area contributed by atoms with Crippen LogP contribution in [0.3, 0.4) is 0 Å². The van der Waals surface area contributed by atoms with Crippen LogP contribution in [-0.4, -0.2) is 13.0 Å². The van der Waals surface area contributed by atoms with Crippen LogP contribution in [0.4, 0.5) is 0 Å². The van der Waals surface area contributed by atoms with Gasteiger partial charge < -0.3 is 10.5 Å². The van der Waals surface area contributed by atoms with E-state index in [1.165, 1.54) is 7.11 Å². The normalized spacial score (nSPS) is 10.3. The van der Waals surface area contributed by atoms with E-state index in [2.05, 4.69) is 0 Å². The summed E-state index contributed by atoms with van der Waals surface area (Å²) in [6, 6.07) is 11.3. The van der Waals surface area contributed by atoms with Crippen molar-refractivity contribution in [1.29, 1.82) is 0 Å². The number of methoxy groups -OCH3 is 1. The van der Waals surface area contributed by atoms with E-state index >= 15 is 0 Å². The predicted molar refractivity (Wildman–Crippen MR) is 76.7 cm³/mol. The van der Waals surface area contributed by atoms with Crippen LogP contribution in [0.2, 0.25) is 5.02 Å². The molecule has 2 aromatic rings. The number of benzene rings is 2. The van der Waals surface area contributed by atoms with Crippen LogP contribution in [0.15, 0.2) is 36.4 Å². The van der Waals surface area contributed by atoms with Gasteiger partial charge in [-0.1, -0.05) is 41.9 Å². The SMILES string of the molecule is COc1c(C(N)=O)cc(-c2ccccc2)c(Cl)c1C. The third-order valence-electron chi connectivity index (χ3n) is 2.99. The lowest BCUT2D eigenvalue weighted by Gasteiger charge is -2.14. The molecule has 0 aliphatic rings. The Hall–Kier alpha value is -2.00. The first kappa shape index (κ1) is 13.4. The van der Waals surface area contributed by atoms with Crippen molar-refractivity contribution in [3.8, 4) is 16.9 Å². The fourth-order valence-corrected chi connectivity index (χ4v) is 2.30. The fraction of sp³-hybridized carbons (Fsp3) is 0.133. The number of hydrogen-bond donors (Lipinski definition) is 1. The maximum absolute atomic E-state index is 11.5. The summed E-state index contributed by atoms with van der Waals surface area (Å²) in [5, 5.41) is 0.563. The summed E-state index contributed by atoms with van der Waals surface area (Å²) in [5.41, 5.74) is 8.14. The Morgan fingerprint density at radius 2 is 1.89 bits per heavy atom. The monoisotopic (exact) mass is 275 g/mol. The molecule has 1 amide bonds. The summed E-state index contributed by atoms with van der Waals surface area (Å²) in [5.74, 6) is -0.106. The van der Waals surface area contributed by atoms with Crippen molar-refractivity contribution in [1.82, 2.24) is 0 Å². The number of hydrogen-bond acceptors (Lipinski definition) is 2. The number of amides is 1. The Labute approximate surface area is 117 Å². The maximum atomic E-state index is 11.5. The van der Waals surface area contributed by atoms with Gasteiger partial charge in [0.15, 0.2) is 0 Å². The van der Waals surface area contributed by atoms with Crippen molar-refractivity contribution in [3.63, 3.8) is 0 Å². The smallest absolute Gasteiger partial charge is 0.252 e. The van der Waals surface area contributed by atoms with Crippen molar-refractivity contribution in [2.24, 2.45) is 5.73 Å². The molecule has 0 radical (unpaired) electrons. The quantitative estimate of drug-likeness (QED) is 0.933. The van der Waals surface area contributed by atoms with Crippen LogP contribution in [0.25, 0.3) is 11.1 Å². The molecule has 2 aromatic carbocycles. The van der Waals surface area contributed by atoms with E-state index in [1.807, 2.05) is 30.3 Å². The van der Waals surface area contributed by atoms with E-state index in [-0.39, 0.29) is 0 Å². The third kappa shape index (κ3) is 2.42. The Balaban J connectivity index is 2.74. The molecule has 0 aliphatic carbocycles. The molecule has 98 valence electrons. The highest BCUT2D eigenvalue weighted by Crippen LogP contribution is 2.38. The van der Waals surface area contributed by atoms with Crippen molar-refractivity contribution in [2.75, 3.05) is 7.11 Å². The molecule has 0 spiro atoms. The van der Waals surface area contributed by atoms with Gasteiger partial charge >= 0.3 is 0 Å². The summed E-state index contributed by atoms with van der Waals surface area (Å²) in [4.78, 5) is 11.5. The van der Waals surface area contributed by atoms with Gasteiger partial charge in [0.05, 0.1) is 17.7 Å². The predicted octanol–water partition coefficient (Wildman–Crippen LogP) is 3.42. The highest BCUT2D eigenvalue weighted by Gasteiger charge is 2.18. The molecule has 2 rings (SSSR count). The summed E-state index contributed by atoms with van der Waals surface area (Å²) in [6.45, 7) is 1.81.